The van der Waals surface area contributed by atoms with Gasteiger partial charge in [-0.05, 0) is 36.4 Å². The number of aliphatic hydroxyl groups is 1. The van der Waals surface area contributed by atoms with Crippen LogP contribution in [0.3, 0.4) is 0 Å². The van der Waals surface area contributed by atoms with E-state index in [1.54, 1.807) is 91.0 Å². The highest BCUT2D eigenvalue weighted by molar-refractivity contribution is 5.90. The molecule has 1 heterocycles. The van der Waals surface area contributed by atoms with E-state index in [9.17, 15) is 19.5 Å². The smallest absolute Gasteiger partial charge is 0.340 e. The van der Waals surface area contributed by atoms with Gasteiger partial charge >= 0.3 is 17.9 Å². The quantitative estimate of drug-likeness (QED) is 0.422. The molecular formula is C26H22O8. The van der Waals surface area contributed by atoms with Crippen molar-refractivity contribution < 1.29 is 38.4 Å². The standard InChI is InChI=1S/C26H22O8/c27-21-22(33-24(29)18-12-6-2-7-13-18)20(16-31-23(28)17-10-4-1-5-11-17)32-26(21)34-25(30)19-14-8-3-9-15-19/h1-15,20-22,26-27H,16H2/t20-,21+,22+,26+/m1/s1. The SMILES string of the molecule is O=C(OC[C@H]1O[C@@H](OC(=O)c2ccccc2)[C@@H](O)[C@H]1OC(=O)c1ccccc1)c1ccccc1. The van der Waals surface area contributed by atoms with Crippen molar-refractivity contribution in [1.29, 1.82) is 0 Å². The molecule has 0 radical (unpaired) electrons. The Morgan fingerprint density at radius 2 is 1.12 bits per heavy atom. The van der Waals surface area contributed by atoms with E-state index in [4.69, 9.17) is 18.9 Å². The highest BCUT2D eigenvalue weighted by Crippen LogP contribution is 2.27. The second-order valence-corrected chi connectivity index (χ2v) is 7.51. The van der Waals surface area contributed by atoms with Crippen molar-refractivity contribution in [2.45, 2.75) is 24.6 Å². The maximum atomic E-state index is 12.6. The zero-order valence-corrected chi connectivity index (χ0v) is 18.0. The average molecular weight is 462 g/mol. The first-order valence-corrected chi connectivity index (χ1v) is 10.6. The Labute approximate surface area is 195 Å². The van der Waals surface area contributed by atoms with Crippen LogP contribution in [0.15, 0.2) is 91.0 Å². The molecule has 0 aromatic heterocycles. The molecule has 3 aromatic carbocycles. The van der Waals surface area contributed by atoms with Crippen molar-refractivity contribution in [3.8, 4) is 0 Å². The molecule has 1 aliphatic heterocycles. The highest BCUT2D eigenvalue weighted by Gasteiger charge is 2.49. The number of carbonyl (C=O) groups is 3. The van der Waals surface area contributed by atoms with Crippen molar-refractivity contribution in [2.75, 3.05) is 6.61 Å². The van der Waals surface area contributed by atoms with Gasteiger partial charge < -0.3 is 24.1 Å². The normalized spacial score (nSPS) is 21.4. The summed E-state index contributed by atoms with van der Waals surface area (Å²) >= 11 is 0. The van der Waals surface area contributed by atoms with E-state index in [-0.39, 0.29) is 17.7 Å². The molecule has 34 heavy (non-hydrogen) atoms. The second-order valence-electron chi connectivity index (χ2n) is 7.51. The zero-order chi connectivity index (χ0) is 23.9. The van der Waals surface area contributed by atoms with Crippen molar-refractivity contribution in [2.24, 2.45) is 0 Å². The topological polar surface area (TPSA) is 108 Å². The van der Waals surface area contributed by atoms with Gasteiger partial charge in [-0.15, -0.1) is 0 Å². The minimum atomic E-state index is -1.50. The molecule has 8 nitrogen and oxygen atoms in total. The van der Waals surface area contributed by atoms with Gasteiger partial charge in [-0.3, -0.25) is 0 Å². The number of ether oxygens (including phenoxy) is 4. The molecule has 4 rings (SSSR count). The molecule has 0 saturated carbocycles. The van der Waals surface area contributed by atoms with Crippen LogP contribution < -0.4 is 0 Å². The summed E-state index contributed by atoms with van der Waals surface area (Å²) < 4.78 is 21.8. The van der Waals surface area contributed by atoms with Crippen molar-refractivity contribution in [3.05, 3.63) is 108 Å². The first-order chi connectivity index (χ1) is 16.5. The summed E-state index contributed by atoms with van der Waals surface area (Å²) in [5, 5.41) is 10.8. The first kappa shape index (κ1) is 23.2. The zero-order valence-electron chi connectivity index (χ0n) is 18.0. The maximum Gasteiger partial charge on any atom is 0.340 e. The van der Waals surface area contributed by atoms with E-state index < -0.39 is 42.5 Å². The Morgan fingerprint density at radius 3 is 1.62 bits per heavy atom. The van der Waals surface area contributed by atoms with E-state index >= 15 is 0 Å². The number of esters is 3. The molecule has 0 bridgehead atoms. The van der Waals surface area contributed by atoms with Crippen molar-refractivity contribution >= 4 is 17.9 Å². The number of benzene rings is 3. The molecule has 1 fully saturated rings. The molecule has 174 valence electrons. The van der Waals surface area contributed by atoms with E-state index in [2.05, 4.69) is 0 Å². The highest BCUT2D eigenvalue weighted by atomic mass is 16.7. The third-order valence-electron chi connectivity index (χ3n) is 5.16. The summed E-state index contributed by atoms with van der Waals surface area (Å²) in [6.45, 7) is -0.336. The van der Waals surface area contributed by atoms with E-state index in [0.717, 1.165) is 0 Å². The Balaban J connectivity index is 1.47. The van der Waals surface area contributed by atoms with Crippen LogP contribution in [0.25, 0.3) is 0 Å². The predicted molar refractivity (Wildman–Crippen MR) is 119 cm³/mol. The summed E-state index contributed by atoms with van der Waals surface area (Å²) in [5.41, 5.74) is 0.848. The lowest BCUT2D eigenvalue weighted by Crippen LogP contribution is -2.40. The van der Waals surface area contributed by atoms with Crippen LogP contribution in [0.1, 0.15) is 31.1 Å². The van der Waals surface area contributed by atoms with Crippen molar-refractivity contribution in [1.82, 2.24) is 0 Å². The molecule has 0 amide bonds. The number of aliphatic hydroxyl groups excluding tert-OH is 1. The summed E-state index contributed by atoms with van der Waals surface area (Å²) in [5.74, 6) is -2.04. The summed E-state index contributed by atoms with van der Waals surface area (Å²) in [6.07, 6.45) is -5.24. The maximum absolute atomic E-state index is 12.6. The largest absolute Gasteiger partial charge is 0.459 e. The number of hydrogen-bond donors (Lipinski definition) is 1. The van der Waals surface area contributed by atoms with E-state index in [1.807, 2.05) is 0 Å². The lowest BCUT2D eigenvalue weighted by molar-refractivity contribution is -0.139. The van der Waals surface area contributed by atoms with Gasteiger partial charge in [0, 0.05) is 0 Å². The molecular weight excluding hydrogens is 440 g/mol. The van der Waals surface area contributed by atoms with Gasteiger partial charge in [-0.1, -0.05) is 54.6 Å². The fourth-order valence-electron chi connectivity index (χ4n) is 3.41. The Hall–Kier alpha value is -4.01. The summed E-state index contributed by atoms with van der Waals surface area (Å²) in [7, 11) is 0. The molecule has 0 spiro atoms. The molecule has 4 atom stereocenters. The van der Waals surface area contributed by atoms with Gasteiger partial charge in [0.1, 0.15) is 12.7 Å². The Kier molecular flexibility index (Phi) is 7.31. The molecule has 0 aliphatic carbocycles. The summed E-state index contributed by atoms with van der Waals surface area (Å²) in [6, 6.07) is 24.7. The number of carbonyl (C=O) groups excluding carboxylic acids is 3. The molecule has 8 heteroatoms. The van der Waals surface area contributed by atoms with E-state index in [0.29, 0.717) is 5.56 Å². The molecule has 1 aliphatic rings. The van der Waals surface area contributed by atoms with Crippen molar-refractivity contribution in [3.63, 3.8) is 0 Å². The number of hydrogen-bond acceptors (Lipinski definition) is 8. The van der Waals surface area contributed by atoms with Gasteiger partial charge in [0.2, 0.25) is 6.29 Å². The monoisotopic (exact) mass is 462 g/mol. The third-order valence-corrected chi connectivity index (χ3v) is 5.16. The fraction of sp³-hybridized carbons (Fsp3) is 0.192. The second kappa shape index (κ2) is 10.7. The van der Waals surface area contributed by atoms with Crippen LogP contribution in [0.5, 0.6) is 0 Å². The molecule has 1 N–H and O–H groups in total. The van der Waals surface area contributed by atoms with E-state index in [1.165, 1.54) is 0 Å². The Morgan fingerprint density at radius 1 is 0.676 bits per heavy atom. The summed E-state index contributed by atoms with van der Waals surface area (Å²) in [4.78, 5) is 37.4. The predicted octanol–water partition coefficient (Wildman–Crippen LogP) is 3.01. The van der Waals surface area contributed by atoms with Gasteiger partial charge in [-0.25, -0.2) is 14.4 Å². The minimum Gasteiger partial charge on any atom is -0.459 e. The van der Waals surface area contributed by atoms with Crippen LogP contribution >= 0.6 is 0 Å². The lowest BCUT2D eigenvalue weighted by atomic mass is 10.1. The first-order valence-electron chi connectivity index (χ1n) is 10.6. The fourth-order valence-corrected chi connectivity index (χ4v) is 3.41. The van der Waals surface area contributed by atoms with Crippen LogP contribution in [-0.4, -0.2) is 54.2 Å². The van der Waals surface area contributed by atoms with Crippen LogP contribution in [-0.2, 0) is 18.9 Å². The molecule has 1 saturated heterocycles. The Bertz CT molecular complexity index is 1120. The van der Waals surface area contributed by atoms with Gasteiger partial charge in [0.25, 0.3) is 0 Å². The third kappa shape index (κ3) is 5.48. The molecule has 3 aromatic rings. The van der Waals surface area contributed by atoms with Gasteiger partial charge in [-0.2, -0.15) is 0 Å². The van der Waals surface area contributed by atoms with Crippen LogP contribution in [0, 0.1) is 0 Å². The van der Waals surface area contributed by atoms with Gasteiger partial charge in [0.15, 0.2) is 12.2 Å². The average Bonchev–Trinajstić information content (AvgIpc) is 3.17. The van der Waals surface area contributed by atoms with Gasteiger partial charge in [0.05, 0.1) is 16.7 Å². The molecule has 0 unspecified atom stereocenters. The van der Waals surface area contributed by atoms with Crippen LogP contribution in [0.2, 0.25) is 0 Å². The lowest BCUT2D eigenvalue weighted by Gasteiger charge is -2.20. The minimum absolute atomic E-state index is 0.259. The number of rotatable bonds is 7. The van der Waals surface area contributed by atoms with Crippen LogP contribution in [0.4, 0.5) is 0 Å².